The maximum Gasteiger partial charge on any atom is 0.286 e. The lowest BCUT2D eigenvalue weighted by Crippen LogP contribution is -1.98. The number of halogens is 1. The zero-order chi connectivity index (χ0) is 13.0. The largest absolute Gasteiger partial charge is 0.286 e. The summed E-state index contributed by atoms with van der Waals surface area (Å²) in [7, 11) is 0. The van der Waals surface area contributed by atoms with Crippen molar-refractivity contribution < 1.29 is 4.92 Å². The second-order valence-electron chi connectivity index (χ2n) is 3.99. The van der Waals surface area contributed by atoms with Gasteiger partial charge in [0.2, 0.25) is 0 Å². The molecule has 0 heterocycles. The zero-order valence-corrected chi connectivity index (χ0v) is 11.3. The van der Waals surface area contributed by atoms with Gasteiger partial charge < -0.3 is 0 Å². The molecule has 2 aromatic rings. The molecule has 3 nitrogen and oxygen atoms in total. The van der Waals surface area contributed by atoms with Gasteiger partial charge in [-0.25, -0.2) is 0 Å². The van der Waals surface area contributed by atoms with E-state index in [0.717, 1.165) is 12.0 Å². The third-order valence-electron chi connectivity index (χ3n) is 2.78. The maximum atomic E-state index is 11.0. The molecular weight excluding hydrogens is 294 g/mol. The van der Waals surface area contributed by atoms with Crippen LogP contribution in [0.4, 0.5) is 5.69 Å². The molecule has 0 saturated heterocycles. The van der Waals surface area contributed by atoms with Crippen LogP contribution < -0.4 is 0 Å². The van der Waals surface area contributed by atoms with E-state index in [-0.39, 0.29) is 10.6 Å². The average molecular weight is 306 g/mol. The van der Waals surface area contributed by atoms with Gasteiger partial charge in [0.25, 0.3) is 5.69 Å². The molecule has 4 heteroatoms. The van der Waals surface area contributed by atoms with Crippen LogP contribution in [0.1, 0.15) is 11.1 Å². The molecule has 92 valence electrons. The third-order valence-corrected chi connectivity index (χ3v) is 3.42. The van der Waals surface area contributed by atoms with Crippen LogP contribution in [0, 0.1) is 10.1 Å². The van der Waals surface area contributed by atoms with E-state index in [0.29, 0.717) is 10.9 Å². The third kappa shape index (κ3) is 2.96. The molecule has 0 radical (unpaired) electrons. The van der Waals surface area contributed by atoms with E-state index in [4.69, 9.17) is 0 Å². The second kappa shape index (κ2) is 5.78. The van der Waals surface area contributed by atoms with Crippen LogP contribution in [0.3, 0.4) is 0 Å². The van der Waals surface area contributed by atoms with E-state index in [1.165, 1.54) is 5.56 Å². The average Bonchev–Trinajstić information content (AvgIpc) is 2.37. The predicted octanol–water partition coefficient (Wildman–Crippen LogP) is 4.14. The van der Waals surface area contributed by atoms with E-state index < -0.39 is 0 Å². The van der Waals surface area contributed by atoms with Crippen molar-refractivity contribution in [3.63, 3.8) is 0 Å². The standard InChI is InChI=1S/C14H12BrNO2/c15-13-8-4-7-12(14(13)16(17)18)10-9-11-5-2-1-3-6-11/h1-8H,9-10H2. The van der Waals surface area contributed by atoms with Gasteiger partial charge in [-0.15, -0.1) is 0 Å². The van der Waals surface area contributed by atoms with Gasteiger partial charge >= 0.3 is 0 Å². The van der Waals surface area contributed by atoms with Crippen LogP contribution in [-0.4, -0.2) is 4.92 Å². The Bertz CT molecular complexity index is 555. The number of benzene rings is 2. The first-order chi connectivity index (χ1) is 8.68. The number of nitro groups is 1. The summed E-state index contributed by atoms with van der Waals surface area (Å²) in [5.74, 6) is 0. The smallest absolute Gasteiger partial charge is 0.258 e. The monoisotopic (exact) mass is 305 g/mol. The molecule has 0 aliphatic carbocycles. The fraction of sp³-hybridized carbons (Fsp3) is 0.143. The minimum absolute atomic E-state index is 0.174. The molecule has 0 aromatic heterocycles. The van der Waals surface area contributed by atoms with E-state index in [9.17, 15) is 10.1 Å². The van der Waals surface area contributed by atoms with Crippen molar-refractivity contribution >= 4 is 21.6 Å². The number of hydrogen-bond donors (Lipinski definition) is 0. The molecule has 2 aromatic carbocycles. The minimum atomic E-state index is -0.329. The maximum absolute atomic E-state index is 11.0. The van der Waals surface area contributed by atoms with E-state index in [1.807, 2.05) is 42.5 Å². The molecule has 18 heavy (non-hydrogen) atoms. The van der Waals surface area contributed by atoms with Crippen molar-refractivity contribution in [1.29, 1.82) is 0 Å². The quantitative estimate of drug-likeness (QED) is 0.629. The Hall–Kier alpha value is -1.68. The lowest BCUT2D eigenvalue weighted by Gasteiger charge is -2.04. The summed E-state index contributed by atoms with van der Waals surface area (Å²) >= 11 is 3.23. The summed E-state index contributed by atoms with van der Waals surface area (Å²) < 4.78 is 0.540. The number of rotatable bonds is 4. The van der Waals surface area contributed by atoms with Crippen LogP contribution in [0.5, 0.6) is 0 Å². The number of nitro benzene ring substituents is 1. The van der Waals surface area contributed by atoms with Crippen molar-refractivity contribution in [2.45, 2.75) is 12.8 Å². The number of hydrogen-bond acceptors (Lipinski definition) is 2. The van der Waals surface area contributed by atoms with Gasteiger partial charge in [-0.1, -0.05) is 42.5 Å². The summed E-state index contributed by atoms with van der Waals surface area (Å²) in [5.41, 5.74) is 2.12. The SMILES string of the molecule is O=[N+]([O-])c1c(Br)cccc1CCc1ccccc1. The first-order valence-electron chi connectivity index (χ1n) is 5.64. The lowest BCUT2D eigenvalue weighted by molar-refractivity contribution is -0.386. The summed E-state index contributed by atoms with van der Waals surface area (Å²) in [6.45, 7) is 0. The van der Waals surface area contributed by atoms with Crippen molar-refractivity contribution in [2.75, 3.05) is 0 Å². The summed E-state index contributed by atoms with van der Waals surface area (Å²) in [6.07, 6.45) is 1.47. The van der Waals surface area contributed by atoms with Gasteiger partial charge in [0.05, 0.1) is 9.40 Å². The Balaban J connectivity index is 2.20. The normalized spacial score (nSPS) is 10.3. The molecular formula is C14H12BrNO2. The highest BCUT2D eigenvalue weighted by atomic mass is 79.9. The molecule has 0 bridgehead atoms. The van der Waals surface area contributed by atoms with Gasteiger partial charge in [-0.2, -0.15) is 0 Å². The van der Waals surface area contributed by atoms with Gasteiger partial charge in [0.15, 0.2) is 0 Å². The Labute approximate surface area is 114 Å². The number of nitrogens with zero attached hydrogens (tertiary/aromatic N) is 1. The van der Waals surface area contributed by atoms with Crippen LogP contribution in [0.2, 0.25) is 0 Å². The fourth-order valence-corrected chi connectivity index (χ4v) is 2.44. The predicted molar refractivity (Wildman–Crippen MR) is 74.6 cm³/mol. The Morgan fingerprint density at radius 2 is 1.72 bits per heavy atom. The van der Waals surface area contributed by atoms with Crippen LogP contribution in [0.15, 0.2) is 53.0 Å². The van der Waals surface area contributed by atoms with Gasteiger partial charge in [0, 0.05) is 5.56 Å². The Morgan fingerprint density at radius 1 is 1.00 bits per heavy atom. The number of para-hydroxylation sites is 1. The summed E-state index contributed by atoms with van der Waals surface area (Å²) in [4.78, 5) is 10.7. The van der Waals surface area contributed by atoms with Crippen LogP contribution in [-0.2, 0) is 12.8 Å². The van der Waals surface area contributed by atoms with Crippen LogP contribution in [0.25, 0.3) is 0 Å². The minimum Gasteiger partial charge on any atom is -0.258 e. The highest BCUT2D eigenvalue weighted by Gasteiger charge is 2.17. The second-order valence-corrected chi connectivity index (χ2v) is 4.84. The molecule has 2 rings (SSSR count). The van der Waals surface area contributed by atoms with Crippen molar-refractivity contribution in [1.82, 2.24) is 0 Å². The van der Waals surface area contributed by atoms with Gasteiger partial charge in [0.1, 0.15) is 0 Å². The van der Waals surface area contributed by atoms with E-state index in [1.54, 1.807) is 6.07 Å². The molecule has 0 saturated carbocycles. The van der Waals surface area contributed by atoms with E-state index in [2.05, 4.69) is 15.9 Å². The van der Waals surface area contributed by atoms with Crippen molar-refractivity contribution in [2.24, 2.45) is 0 Å². The molecule has 0 aliphatic rings. The van der Waals surface area contributed by atoms with Crippen molar-refractivity contribution in [3.8, 4) is 0 Å². The molecule has 0 spiro atoms. The van der Waals surface area contributed by atoms with Gasteiger partial charge in [-0.3, -0.25) is 10.1 Å². The fourth-order valence-electron chi connectivity index (χ4n) is 1.89. The molecule has 0 amide bonds. The van der Waals surface area contributed by atoms with Crippen molar-refractivity contribution in [3.05, 3.63) is 74.2 Å². The number of aryl methyl sites for hydroxylation is 2. The first-order valence-corrected chi connectivity index (χ1v) is 6.43. The van der Waals surface area contributed by atoms with Crippen LogP contribution >= 0.6 is 15.9 Å². The zero-order valence-electron chi connectivity index (χ0n) is 9.67. The summed E-state index contributed by atoms with van der Waals surface area (Å²) in [6, 6.07) is 15.3. The summed E-state index contributed by atoms with van der Waals surface area (Å²) in [5, 5.41) is 11.0. The highest BCUT2D eigenvalue weighted by Crippen LogP contribution is 2.29. The van der Waals surface area contributed by atoms with Gasteiger partial charge in [-0.05, 0) is 40.4 Å². The first kappa shape index (κ1) is 12.8. The Kier molecular flexibility index (Phi) is 4.10. The molecule has 0 aliphatic heterocycles. The molecule has 0 atom stereocenters. The molecule has 0 unspecified atom stereocenters. The van der Waals surface area contributed by atoms with E-state index >= 15 is 0 Å². The topological polar surface area (TPSA) is 43.1 Å². The molecule has 0 N–H and O–H groups in total. The Morgan fingerprint density at radius 3 is 2.39 bits per heavy atom. The lowest BCUT2D eigenvalue weighted by atomic mass is 10.0. The highest BCUT2D eigenvalue weighted by molar-refractivity contribution is 9.10. The molecule has 0 fully saturated rings.